The second-order valence-corrected chi connectivity index (χ2v) is 31.7. The smallest absolute Gasteiger partial charge is 0.242 e. The van der Waals surface area contributed by atoms with Crippen molar-refractivity contribution in [3.05, 3.63) is 121 Å². The minimum absolute atomic E-state index is 0. The summed E-state index contributed by atoms with van der Waals surface area (Å²) in [5, 5.41) is 0. The molecule has 1 fully saturated rings. The summed E-state index contributed by atoms with van der Waals surface area (Å²) in [6, 6.07) is 0. The summed E-state index contributed by atoms with van der Waals surface area (Å²) in [4.78, 5) is 96.4. The highest BCUT2D eigenvalue weighted by Gasteiger charge is 2.30. The Labute approximate surface area is 635 Å². The summed E-state index contributed by atoms with van der Waals surface area (Å²) >= 11 is 0. The van der Waals surface area contributed by atoms with Gasteiger partial charge in [0, 0.05) is 195 Å². The fourth-order valence-corrected chi connectivity index (χ4v) is 11.6. The Morgan fingerprint density at radius 1 is 0.381 bits per heavy atom. The molecule has 0 saturated carbocycles. The standard InChI is InChI=1S/C24H41N7O2.C19H29N5O.C18H31N5.C17H36N4O.2CH4/c1-8-27(9-2)22(32)18-29-14-12-25-20(29)16-31(24(5,6)7)17-21-26-13-15-30(21)19-23(33)28(10-3)11-4;1-15(2)11-22-9-7-20-17(22)13-24(19(4,5)6)14-18-21-8-10-23(18)12-16(3)25;1-6-10-21-12-8-19-16(21)14-23(18(3,4)5)15-17-20-9-13-22(17)11-7-2;1-17(2,3)16(22)15-21-13-11-19(5)9-7-18(4)8-10-20(6)12-14-21;;/h12-15H,8-11,16-19H2,1-7H3;7-10H,1,11-14H2,2-6H3;8-9,12-13H,6-7,10-11,14-15H2,1-5H3;7-15H2,1-6H3;2*1H4. The van der Waals surface area contributed by atoms with E-state index in [1.54, 1.807) is 25.5 Å². The van der Waals surface area contributed by atoms with Crippen molar-refractivity contribution in [1.82, 2.24) is 101 Å². The van der Waals surface area contributed by atoms with Crippen molar-refractivity contribution in [2.75, 3.05) is 106 Å². The first-order chi connectivity index (χ1) is 48.4. The second kappa shape index (κ2) is 45.6. The normalized spacial score (nSPS) is 14.0. The van der Waals surface area contributed by atoms with E-state index in [1.807, 2.05) is 122 Å². The van der Waals surface area contributed by atoms with Gasteiger partial charge in [0.2, 0.25) is 11.8 Å². The first-order valence-corrected chi connectivity index (χ1v) is 37.7. The Bertz CT molecular complexity index is 3240. The molecule has 0 bridgehead atoms. The molecule has 0 N–H and O–H groups in total. The molecule has 1 aliphatic heterocycles. The summed E-state index contributed by atoms with van der Waals surface area (Å²) in [6.45, 7) is 65.4. The highest BCUT2D eigenvalue weighted by molar-refractivity contribution is 5.85. The number of carbonyl (C=O) groups is 4. The Morgan fingerprint density at radius 3 is 0.867 bits per heavy atom. The topological polar surface area (TPSA) is 204 Å². The third-order valence-corrected chi connectivity index (χ3v) is 18.8. The number of carbonyl (C=O) groups excluding carboxylic acids is 4. The van der Waals surface area contributed by atoms with Crippen LogP contribution in [0.5, 0.6) is 0 Å². The Balaban J connectivity index is 0.000000479. The van der Waals surface area contributed by atoms with Crippen molar-refractivity contribution in [3.8, 4) is 0 Å². The van der Waals surface area contributed by atoms with Gasteiger partial charge in [-0.3, -0.25) is 38.8 Å². The Hall–Kier alpha value is -7.00. The van der Waals surface area contributed by atoms with Crippen LogP contribution in [0.1, 0.15) is 201 Å². The van der Waals surface area contributed by atoms with Gasteiger partial charge in [-0.1, -0.05) is 61.6 Å². The molecule has 6 aromatic heterocycles. The quantitative estimate of drug-likeness (QED) is 0.0385. The SMILES string of the molecule is C.C.C=C(C)Cn1ccnc1CN(Cc1nccn1CC(C)=O)C(C)(C)C.CCCn1ccnc1CN(Cc1nccn1CCC)C(C)(C)C.CCN(CC)C(=O)Cn1ccnc1CN(Cc1nccn1CC(=O)N(CC)CC)C(C)(C)C.CN1CCN(C)CCN(CC(=O)C(C)(C)C)CCN(C)CC1. The molecule has 7 rings (SSSR count). The van der Waals surface area contributed by atoms with Crippen LogP contribution in [0.25, 0.3) is 0 Å². The van der Waals surface area contributed by atoms with Crippen molar-refractivity contribution in [1.29, 1.82) is 0 Å². The molecule has 0 aliphatic carbocycles. The maximum Gasteiger partial charge on any atom is 0.242 e. The van der Waals surface area contributed by atoms with Gasteiger partial charge in [0.1, 0.15) is 53.8 Å². The predicted octanol–water partition coefficient (Wildman–Crippen LogP) is 11.3. The maximum atomic E-state index is 12.6. The van der Waals surface area contributed by atoms with Crippen LogP contribution in [0.15, 0.2) is 86.5 Å². The molecule has 0 aromatic carbocycles. The second-order valence-electron chi connectivity index (χ2n) is 31.7. The summed E-state index contributed by atoms with van der Waals surface area (Å²) in [5.74, 6) is 6.48. The van der Waals surface area contributed by atoms with E-state index in [0.29, 0.717) is 71.2 Å². The average molecular weight is 1470 g/mol. The average Bonchev–Trinajstić information content (AvgIpc) is 1.77. The van der Waals surface area contributed by atoms with Gasteiger partial charge < -0.3 is 51.9 Å². The minimum atomic E-state index is -0.246. The highest BCUT2D eigenvalue weighted by Crippen LogP contribution is 2.24. The number of ketones is 2. The van der Waals surface area contributed by atoms with Crippen molar-refractivity contribution < 1.29 is 19.2 Å². The largest absolute Gasteiger partial charge is 0.342 e. The van der Waals surface area contributed by atoms with Crippen LogP contribution in [0.2, 0.25) is 0 Å². The zero-order valence-electron chi connectivity index (χ0n) is 68.3. The number of allylic oxidation sites excluding steroid dienone is 1. The maximum absolute atomic E-state index is 12.6. The molecule has 594 valence electrons. The number of imidazole rings is 6. The molecular weight excluding hydrogens is 1320 g/mol. The van der Waals surface area contributed by atoms with Gasteiger partial charge in [0.05, 0.1) is 52.4 Å². The van der Waals surface area contributed by atoms with Crippen LogP contribution in [0, 0.1) is 5.41 Å². The molecule has 7 heterocycles. The molecule has 6 aromatic rings. The Kier molecular flexibility index (Phi) is 40.9. The number of likely N-dealkylation sites (N-methyl/N-ethyl adjacent to an activating group) is 5. The van der Waals surface area contributed by atoms with E-state index in [9.17, 15) is 19.2 Å². The lowest BCUT2D eigenvalue weighted by Crippen LogP contribution is -2.45. The van der Waals surface area contributed by atoms with Gasteiger partial charge in [0.15, 0.2) is 5.78 Å². The number of hydrogen-bond donors (Lipinski definition) is 0. The summed E-state index contributed by atoms with van der Waals surface area (Å²) in [6.07, 6.45) is 24.9. The number of aryl methyl sites for hydroxylation is 2. The monoisotopic (exact) mass is 1460 g/mol. The Morgan fingerprint density at radius 2 is 0.629 bits per heavy atom. The van der Waals surface area contributed by atoms with Crippen LogP contribution in [0.4, 0.5) is 0 Å². The van der Waals surface area contributed by atoms with E-state index in [-0.39, 0.29) is 67.6 Å². The summed E-state index contributed by atoms with van der Waals surface area (Å²) in [5.41, 5.74) is 0.682. The molecule has 25 heteroatoms. The number of rotatable bonds is 30. The third-order valence-electron chi connectivity index (χ3n) is 18.8. The van der Waals surface area contributed by atoms with Crippen molar-refractivity contribution >= 4 is 23.4 Å². The van der Waals surface area contributed by atoms with Crippen LogP contribution in [0.3, 0.4) is 0 Å². The predicted molar refractivity (Wildman–Crippen MR) is 429 cm³/mol. The van der Waals surface area contributed by atoms with Gasteiger partial charge in [-0.2, -0.15) is 0 Å². The van der Waals surface area contributed by atoms with Crippen LogP contribution < -0.4 is 0 Å². The lowest BCUT2D eigenvalue weighted by Gasteiger charge is -2.35. The van der Waals surface area contributed by atoms with Gasteiger partial charge in [-0.25, -0.2) is 29.9 Å². The van der Waals surface area contributed by atoms with Gasteiger partial charge >= 0.3 is 0 Å². The number of nitrogens with zero attached hydrogens (tertiary/aromatic N) is 21. The van der Waals surface area contributed by atoms with E-state index < -0.39 is 0 Å². The lowest BCUT2D eigenvalue weighted by atomic mass is 9.90. The zero-order valence-corrected chi connectivity index (χ0v) is 68.3. The molecule has 25 nitrogen and oxygen atoms in total. The van der Waals surface area contributed by atoms with E-state index >= 15 is 0 Å². The number of aromatic nitrogens is 12. The van der Waals surface area contributed by atoms with E-state index in [1.165, 1.54) is 0 Å². The zero-order chi connectivity index (χ0) is 76.8. The number of hydrogen-bond acceptors (Lipinski definition) is 17. The van der Waals surface area contributed by atoms with Gasteiger partial charge in [-0.15, -0.1) is 0 Å². The molecular formula is C80H145N21O4. The van der Waals surface area contributed by atoms with Crippen LogP contribution >= 0.6 is 0 Å². The molecule has 0 radical (unpaired) electrons. The van der Waals surface area contributed by atoms with Crippen molar-refractivity contribution in [2.45, 2.75) is 261 Å². The van der Waals surface area contributed by atoms with Crippen molar-refractivity contribution in [2.24, 2.45) is 5.41 Å². The molecule has 0 atom stereocenters. The van der Waals surface area contributed by atoms with Gasteiger partial charge in [-0.05, 0) is 138 Å². The molecule has 0 unspecified atom stereocenters. The number of amides is 2. The molecule has 1 aliphatic rings. The highest BCUT2D eigenvalue weighted by atomic mass is 16.2. The minimum Gasteiger partial charge on any atom is -0.342 e. The first kappa shape index (κ1) is 94.1. The van der Waals surface area contributed by atoms with Crippen LogP contribution in [-0.2, 0) is 97.7 Å². The fraction of sp³-hybridized carbons (Fsp3) is 0.700. The molecule has 1 saturated heterocycles. The van der Waals surface area contributed by atoms with Crippen LogP contribution in [-0.4, -0.2) is 248 Å². The first-order valence-electron chi connectivity index (χ1n) is 37.7. The molecule has 0 spiro atoms. The molecule has 2 amide bonds. The van der Waals surface area contributed by atoms with E-state index in [4.69, 9.17) is 0 Å². The number of Topliss-reactive ketones (excluding diaryl/α,β-unsaturated/α-hetero) is 2. The molecule has 105 heavy (non-hydrogen) atoms. The van der Waals surface area contributed by atoms with E-state index in [0.717, 1.165) is 138 Å². The van der Waals surface area contributed by atoms with Gasteiger partial charge in [0.25, 0.3) is 0 Å². The fourth-order valence-electron chi connectivity index (χ4n) is 11.6. The summed E-state index contributed by atoms with van der Waals surface area (Å²) in [7, 11) is 6.55. The van der Waals surface area contributed by atoms with Crippen molar-refractivity contribution in [3.63, 3.8) is 0 Å². The summed E-state index contributed by atoms with van der Waals surface area (Å²) < 4.78 is 12.4. The third kappa shape index (κ3) is 32.9. The lowest BCUT2D eigenvalue weighted by molar-refractivity contribution is -0.132. The van der Waals surface area contributed by atoms with E-state index in [2.05, 4.69) is 194 Å².